The van der Waals surface area contributed by atoms with Crippen LogP contribution in [-0.2, 0) is 4.79 Å². The third-order valence-electron chi connectivity index (χ3n) is 4.78. The van der Waals surface area contributed by atoms with E-state index in [9.17, 15) is 4.79 Å². The first-order valence-corrected chi connectivity index (χ1v) is 9.70. The summed E-state index contributed by atoms with van der Waals surface area (Å²) in [5.74, 6) is 1.98. The first kappa shape index (κ1) is 21.8. The van der Waals surface area contributed by atoms with Crippen LogP contribution in [0.4, 0.5) is 5.69 Å². The van der Waals surface area contributed by atoms with Gasteiger partial charge in [0.25, 0.3) is 0 Å². The second-order valence-corrected chi connectivity index (χ2v) is 7.54. The van der Waals surface area contributed by atoms with E-state index in [0.29, 0.717) is 29.0 Å². The fraction of sp³-hybridized carbons (Fsp3) is 0.435. The lowest BCUT2D eigenvalue weighted by Crippen LogP contribution is -2.33. The van der Waals surface area contributed by atoms with Crippen LogP contribution >= 0.6 is 0 Å². The van der Waals surface area contributed by atoms with Gasteiger partial charge in [-0.05, 0) is 35.1 Å². The number of carbonyl (C=O) groups is 1. The van der Waals surface area contributed by atoms with Crippen LogP contribution < -0.4 is 20.1 Å². The molecule has 2 rings (SSSR count). The number of benzene rings is 2. The van der Waals surface area contributed by atoms with Crippen LogP contribution in [0.1, 0.15) is 50.8 Å². The zero-order chi connectivity index (χ0) is 20.7. The van der Waals surface area contributed by atoms with Crippen molar-refractivity contribution in [3.63, 3.8) is 0 Å². The van der Waals surface area contributed by atoms with Crippen molar-refractivity contribution in [2.75, 3.05) is 26.1 Å². The fourth-order valence-electron chi connectivity index (χ4n) is 3.15. The molecule has 2 aromatic carbocycles. The van der Waals surface area contributed by atoms with Gasteiger partial charge in [0.05, 0.1) is 20.8 Å². The largest absolute Gasteiger partial charge is 0.493 e. The lowest BCUT2D eigenvalue weighted by Gasteiger charge is -2.23. The molecule has 28 heavy (non-hydrogen) atoms. The van der Waals surface area contributed by atoms with Gasteiger partial charge in [0.15, 0.2) is 11.5 Å². The number of ether oxygens (including phenoxy) is 2. The van der Waals surface area contributed by atoms with Crippen molar-refractivity contribution in [1.29, 1.82) is 0 Å². The van der Waals surface area contributed by atoms with Gasteiger partial charge in [-0.2, -0.15) is 0 Å². The van der Waals surface area contributed by atoms with E-state index in [0.717, 1.165) is 0 Å². The molecule has 0 aliphatic heterocycles. The number of hydrogen-bond acceptors (Lipinski definition) is 4. The molecule has 5 nitrogen and oxygen atoms in total. The van der Waals surface area contributed by atoms with Crippen LogP contribution in [0, 0.1) is 5.92 Å². The summed E-state index contributed by atoms with van der Waals surface area (Å²) in [6, 6.07) is 14.1. The van der Waals surface area contributed by atoms with Crippen LogP contribution in [0.15, 0.2) is 42.5 Å². The number of hydrogen-bond donors (Lipinski definition) is 2. The highest BCUT2D eigenvalue weighted by molar-refractivity contribution is 5.92. The number of methoxy groups -OCH3 is 2. The molecule has 1 amide bonds. The number of anilines is 1. The molecule has 0 saturated carbocycles. The molecule has 5 heteroatoms. The van der Waals surface area contributed by atoms with Crippen molar-refractivity contribution in [3.8, 4) is 11.5 Å². The molecule has 0 unspecified atom stereocenters. The highest BCUT2D eigenvalue weighted by Crippen LogP contribution is 2.29. The van der Waals surface area contributed by atoms with Gasteiger partial charge in [-0.15, -0.1) is 0 Å². The summed E-state index contributed by atoms with van der Waals surface area (Å²) >= 11 is 0. The number of rotatable bonds is 9. The summed E-state index contributed by atoms with van der Waals surface area (Å²) in [7, 11) is 3.16. The van der Waals surface area contributed by atoms with Crippen molar-refractivity contribution in [3.05, 3.63) is 53.6 Å². The zero-order valence-corrected chi connectivity index (χ0v) is 17.7. The van der Waals surface area contributed by atoms with Crippen molar-refractivity contribution in [2.24, 2.45) is 5.92 Å². The number of carbonyl (C=O) groups excluding carboxylic acids is 1. The minimum Gasteiger partial charge on any atom is -0.493 e. The van der Waals surface area contributed by atoms with E-state index < -0.39 is 0 Å². The van der Waals surface area contributed by atoms with Crippen molar-refractivity contribution < 1.29 is 14.3 Å². The van der Waals surface area contributed by atoms with Crippen LogP contribution in [-0.4, -0.2) is 26.7 Å². The molecule has 0 bridgehead atoms. The van der Waals surface area contributed by atoms with Gasteiger partial charge in [0, 0.05) is 17.8 Å². The molecule has 0 aliphatic carbocycles. The maximum atomic E-state index is 12.4. The maximum absolute atomic E-state index is 12.4. The first-order valence-electron chi connectivity index (χ1n) is 9.70. The van der Waals surface area contributed by atoms with E-state index in [1.165, 1.54) is 11.1 Å². The summed E-state index contributed by atoms with van der Waals surface area (Å²) in [5.41, 5.74) is 3.18. The molecule has 0 saturated heterocycles. The van der Waals surface area contributed by atoms with Crippen LogP contribution in [0.3, 0.4) is 0 Å². The topological polar surface area (TPSA) is 59.6 Å². The Labute approximate surface area is 168 Å². The molecule has 0 radical (unpaired) electrons. The number of nitrogens with one attached hydrogen (secondary N) is 2. The summed E-state index contributed by atoms with van der Waals surface area (Å²) in [6.45, 7) is 8.90. The molecule has 152 valence electrons. The Morgan fingerprint density at radius 2 is 1.50 bits per heavy atom. The van der Waals surface area contributed by atoms with E-state index in [4.69, 9.17) is 9.47 Å². The van der Waals surface area contributed by atoms with Gasteiger partial charge in [-0.25, -0.2) is 0 Å². The lowest BCUT2D eigenvalue weighted by atomic mass is 9.93. The van der Waals surface area contributed by atoms with Gasteiger partial charge in [0.1, 0.15) is 0 Å². The van der Waals surface area contributed by atoms with Gasteiger partial charge >= 0.3 is 0 Å². The normalized spacial score (nSPS) is 12.1. The highest BCUT2D eigenvalue weighted by atomic mass is 16.5. The molecule has 0 heterocycles. The molecule has 0 spiro atoms. The second-order valence-electron chi connectivity index (χ2n) is 7.54. The average Bonchev–Trinajstić information content (AvgIpc) is 2.68. The van der Waals surface area contributed by atoms with Crippen molar-refractivity contribution in [2.45, 2.75) is 39.7 Å². The van der Waals surface area contributed by atoms with E-state index in [2.05, 4.69) is 62.6 Å². The Bertz CT molecular complexity index is 770. The van der Waals surface area contributed by atoms with Crippen LogP contribution in [0.2, 0.25) is 0 Å². The molecular weight excluding hydrogens is 352 g/mol. The average molecular weight is 385 g/mol. The van der Waals surface area contributed by atoms with Crippen LogP contribution in [0.25, 0.3) is 0 Å². The molecule has 0 aliphatic rings. The minimum atomic E-state index is -0.100. The Morgan fingerprint density at radius 1 is 0.893 bits per heavy atom. The standard InChI is InChI=1S/C23H32N2O3/c1-15(2)17-7-9-18(10-8-17)23(16(3)4)24-14-22(26)25-19-11-12-20(27-5)21(13-19)28-6/h7-13,15-16,23-24H,14H2,1-6H3,(H,25,26)/t23-/m1/s1. The highest BCUT2D eigenvalue weighted by Gasteiger charge is 2.17. The summed E-state index contributed by atoms with van der Waals surface area (Å²) in [4.78, 5) is 12.4. The van der Waals surface area contributed by atoms with Crippen LogP contribution in [0.5, 0.6) is 11.5 Å². The van der Waals surface area contributed by atoms with E-state index >= 15 is 0 Å². The van der Waals surface area contributed by atoms with Gasteiger partial charge in [-0.3, -0.25) is 4.79 Å². The van der Waals surface area contributed by atoms with E-state index in [-0.39, 0.29) is 18.5 Å². The molecule has 2 N–H and O–H groups in total. The van der Waals surface area contributed by atoms with Crippen molar-refractivity contribution >= 4 is 11.6 Å². The Kier molecular flexibility index (Phi) is 7.88. The third-order valence-corrected chi connectivity index (χ3v) is 4.78. The molecule has 2 aromatic rings. The zero-order valence-electron chi connectivity index (χ0n) is 17.7. The van der Waals surface area contributed by atoms with E-state index in [1.54, 1.807) is 32.4 Å². The number of amides is 1. The maximum Gasteiger partial charge on any atom is 0.238 e. The second kappa shape index (κ2) is 10.1. The molecule has 0 fully saturated rings. The Hall–Kier alpha value is -2.53. The van der Waals surface area contributed by atoms with Gasteiger partial charge in [-0.1, -0.05) is 52.0 Å². The minimum absolute atomic E-state index is 0.100. The van der Waals surface area contributed by atoms with Gasteiger partial charge in [0.2, 0.25) is 5.91 Å². The van der Waals surface area contributed by atoms with Crippen molar-refractivity contribution in [1.82, 2.24) is 5.32 Å². The third kappa shape index (κ3) is 5.73. The molecule has 1 atom stereocenters. The fourth-order valence-corrected chi connectivity index (χ4v) is 3.15. The smallest absolute Gasteiger partial charge is 0.238 e. The predicted molar refractivity (Wildman–Crippen MR) is 114 cm³/mol. The predicted octanol–water partition coefficient (Wildman–Crippen LogP) is 4.75. The van der Waals surface area contributed by atoms with Gasteiger partial charge < -0.3 is 20.1 Å². The first-order chi connectivity index (χ1) is 13.3. The molecular formula is C23H32N2O3. The SMILES string of the molecule is COc1ccc(NC(=O)CN[C@@H](c2ccc(C(C)C)cc2)C(C)C)cc1OC. The van der Waals surface area contributed by atoms with E-state index in [1.807, 2.05) is 0 Å². The Morgan fingerprint density at radius 3 is 2.04 bits per heavy atom. The Balaban J connectivity index is 2.00. The monoisotopic (exact) mass is 384 g/mol. The summed E-state index contributed by atoms with van der Waals surface area (Å²) < 4.78 is 10.5. The summed E-state index contributed by atoms with van der Waals surface area (Å²) in [5, 5.41) is 6.29. The quantitative estimate of drug-likeness (QED) is 0.655. The molecule has 0 aromatic heterocycles. The lowest BCUT2D eigenvalue weighted by molar-refractivity contribution is -0.115. The summed E-state index contributed by atoms with van der Waals surface area (Å²) in [6.07, 6.45) is 0.